The van der Waals surface area contributed by atoms with E-state index in [1.165, 1.54) is 0 Å². The zero-order chi connectivity index (χ0) is 26.1. The minimum absolute atomic E-state index is 0.141. The molecule has 1 N–H and O–H groups in total. The van der Waals surface area contributed by atoms with Gasteiger partial charge in [-0.2, -0.15) is 0 Å². The van der Waals surface area contributed by atoms with Gasteiger partial charge < -0.3 is 19.7 Å². The van der Waals surface area contributed by atoms with Gasteiger partial charge >= 0.3 is 0 Å². The SMILES string of the molecule is CNC(=O)[C@@H](Cc1ccccc1)N(Cc1cccc(OC)c1)C(=O)COc1ccccc1C(C)(C)C. The van der Waals surface area contributed by atoms with E-state index < -0.39 is 6.04 Å². The van der Waals surface area contributed by atoms with Gasteiger partial charge in [0.25, 0.3) is 5.91 Å². The molecule has 2 amide bonds. The molecule has 6 nitrogen and oxygen atoms in total. The Balaban J connectivity index is 1.92. The van der Waals surface area contributed by atoms with Crippen molar-refractivity contribution in [3.05, 3.63) is 95.6 Å². The molecule has 0 fully saturated rings. The summed E-state index contributed by atoms with van der Waals surface area (Å²) in [5.41, 5.74) is 2.70. The Morgan fingerprint density at radius 1 is 0.917 bits per heavy atom. The number of likely N-dealkylation sites (N-methyl/N-ethyl adjacent to an activating group) is 1. The van der Waals surface area contributed by atoms with Crippen LogP contribution in [0.5, 0.6) is 11.5 Å². The van der Waals surface area contributed by atoms with E-state index >= 15 is 0 Å². The molecule has 36 heavy (non-hydrogen) atoms. The number of hydrogen-bond donors (Lipinski definition) is 1. The van der Waals surface area contributed by atoms with Gasteiger partial charge in [0.05, 0.1) is 7.11 Å². The molecular formula is C30H36N2O4. The maximum Gasteiger partial charge on any atom is 0.261 e. The molecule has 3 aromatic carbocycles. The van der Waals surface area contributed by atoms with Crippen LogP contribution in [0.15, 0.2) is 78.9 Å². The average molecular weight is 489 g/mol. The molecule has 0 saturated heterocycles. The van der Waals surface area contributed by atoms with Crippen LogP contribution in [0.1, 0.15) is 37.5 Å². The fourth-order valence-corrected chi connectivity index (χ4v) is 4.12. The number of amides is 2. The first-order chi connectivity index (χ1) is 17.2. The van der Waals surface area contributed by atoms with Crippen molar-refractivity contribution in [2.45, 2.75) is 45.2 Å². The smallest absolute Gasteiger partial charge is 0.261 e. The van der Waals surface area contributed by atoms with E-state index in [2.05, 4.69) is 26.1 Å². The Hall–Kier alpha value is -3.80. The van der Waals surface area contributed by atoms with Crippen molar-refractivity contribution in [2.75, 3.05) is 20.8 Å². The molecule has 0 aliphatic rings. The summed E-state index contributed by atoms with van der Waals surface area (Å²) < 4.78 is 11.4. The summed E-state index contributed by atoms with van der Waals surface area (Å²) in [6.45, 7) is 6.37. The molecule has 0 bridgehead atoms. The number of methoxy groups -OCH3 is 1. The number of carbonyl (C=O) groups is 2. The van der Waals surface area contributed by atoms with Crippen molar-refractivity contribution in [1.82, 2.24) is 10.2 Å². The topological polar surface area (TPSA) is 67.9 Å². The van der Waals surface area contributed by atoms with Gasteiger partial charge in [0.1, 0.15) is 17.5 Å². The van der Waals surface area contributed by atoms with Crippen molar-refractivity contribution >= 4 is 11.8 Å². The van der Waals surface area contributed by atoms with Gasteiger partial charge in [-0.15, -0.1) is 0 Å². The molecule has 0 spiro atoms. The number of ether oxygens (including phenoxy) is 2. The summed E-state index contributed by atoms with van der Waals surface area (Å²) in [6.07, 6.45) is 0.384. The van der Waals surface area contributed by atoms with E-state index in [-0.39, 0.29) is 30.4 Å². The van der Waals surface area contributed by atoms with Crippen LogP contribution in [0, 0.1) is 0 Å². The van der Waals surface area contributed by atoms with Crippen LogP contribution < -0.4 is 14.8 Å². The van der Waals surface area contributed by atoms with Crippen molar-refractivity contribution in [3.63, 3.8) is 0 Å². The predicted octanol–water partition coefficient (Wildman–Crippen LogP) is 4.76. The zero-order valence-corrected chi connectivity index (χ0v) is 21.8. The minimum atomic E-state index is -0.711. The van der Waals surface area contributed by atoms with Crippen LogP contribution in [0.25, 0.3) is 0 Å². The lowest BCUT2D eigenvalue weighted by atomic mass is 9.86. The Morgan fingerprint density at radius 3 is 2.25 bits per heavy atom. The first-order valence-corrected chi connectivity index (χ1v) is 12.1. The Morgan fingerprint density at radius 2 is 1.58 bits per heavy atom. The number of nitrogens with zero attached hydrogens (tertiary/aromatic N) is 1. The molecular weight excluding hydrogens is 452 g/mol. The third kappa shape index (κ3) is 7.11. The summed E-state index contributed by atoms with van der Waals surface area (Å²) in [4.78, 5) is 28.3. The van der Waals surface area contributed by atoms with E-state index in [4.69, 9.17) is 9.47 Å². The molecule has 0 aromatic heterocycles. The minimum Gasteiger partial charge on any atom is -0.497 e. The summed E-state index contributed by atoms with van der Waals surface area (Å²) in [7, 11) is 3.19. The van der Waals surface area contributed by atoms with Gasteiger partial charge in [0, 0.05) is 20.0 Å². The first kappa shape index (κ1) is 26.8. The highest BCUT2D eigenvalue weighted by molar-refractivity contribution is 5.88. The van der Waals surface area contributed by atoms with Crippen molar-refractivity contribution in [1.29, 1.82) is 0 Å². The van der Waals surface area contributed by atoms with Crippen molar-refractivity contribution in [2.24, 2.45) is 0 Å². The predicted molar refractivity (Wildman–Crippen MR) is 142 cm³/mol. The van der Waals surface area contributed by atoms with Crippen molar-refractivity contribution in [3.8, 4) is 11.5 Å². The molecule has 0 heterocycles. The second kappa shape index (κ2) is 12.2. The van der Waals surface area contributed by atoms with Gasteiger partial charge in [-0.3, -0.25) is 9.59 Å². The number of nitrogens with one attached hydrogen (secondary N) is 1. The zero-order valence-electron chi connectivity index (χ0n) is 21.8. The summed E-state index contributed by atoms with van der Waals surface area (Å²) in [5, 5.41) is 2.73. The molecule has 3 aromatic rings. The third-order valence-corrected chi connectivity index (χ3v) is 6.05. The summed E-state index contributed by atoms with van der Waals surface area (Å²) in [5.74, 6) is 0.852. The maximum absolute atomic E-state index is 13.7. The average Bonchev–Trinajstić information content (AvgIpc) is 2.89. The molecule has 3 rings (SSSR count). The van der Waals surface area contributed by atoms with Crippen LogP contribution >= 0.6 is 0 Å². The van der Waals surface area contributed by atoms with E-state index in [1.807, 2.05) is 78.9 Å². The first-order valence-electron chi connectivity index (χ1n) is 12.1. The number of para-hydroxylation sites is 1. The normalized spacial score (nSPS) is 11.9. The van der Waals surface area contributed by atoms with Crippen LogP contribution in [0.2, 0.25) is 0 Å². The van der Waals surface area contributed by atoms with E-state index in [0.717, 1.165) is 16.7 Å². The lowest BCUT2D eigenvalue weighted by molar-refractivity contribution is -0.142. The molecule has 0 aliphatic carbocycles. The maximum atomic E-state index is 13.7. The Labute approximate surface area is 214 Å². The second-order valence-electron chi connectivity index (χ2n) is 9.73. The summed E-state index contributed by atoms with van der Waals surface area (Å²) >= 11 is 0. The monoisotopic (exact) mass is 488 g/mol. The Bertz CT molecular complexity index is 1150. The van der Waals surface area contributed by atoms with Gasteiger partial charge in [-0.05, 0) is 40.3 Å². The fraction of sp³-hybridized carbons (Fsp3) is 0.333. The molecule has 0 saturated carbocycles. The van der Waals surface area contributed by atoms with Crippen molar-refractivity contribution < 1.29 is 19.1 Å². The number of rotatable bonds is 10. The third-order valence-electron chi connectivity index (χ3n) is 6.05. The lowest BCUT2D eigenvalue weighted by Gasteiger charge is -2.31. The molecule has 0 aliphatic heterocycles. The van der Waals surface area contributed by atoms with Gasteiger partial charge in [0.2, 0.25) is 5.91 Å². The molecule has 6 heteroatoms. The van der Waals surface area contributed by atoms with Crippen LogP contribution in [0.3, 0.4) is 0 Å². The largest absolute Gasteiger partial charge is 0.497 e. The molecule has 0 unspecified atom stereocenters. The van der Waals surface area contributed by atoms with E-state index in [0.29, 0.717) is 17.9 Å². The molecule has 1 atom stereocenters. The standard InChI is InChI=1S/C30H36N2O4/c1-30(2,3)25-16-9-10-17-27(25)36-21-28(33)32(20-23-14-11-15-24(18-23)35-5)26(29(34)31-4)19-22-12-7-6-8-13-22/h6-18,26H,19-21H2,1-5H3,(H,31,34)/t26-/m1/s1. The summed E-state index contributed by atoms with van der Waals surface area (Å²) in [6, 6.07) is 24.3. The van der Waals surface area contributed by atoms with E-state index in [1.54, 1.807) is 19.1 Å². The second-order valence-corrected chi connectivity index (χ2v) is 9.73. The van der Waals surface area contributed by atoms with Gasteiger partial charge in [-0.25, -0.2) is 0 Å². The van der Waals surface area contributed by atoms with Crippen LogP contribution in [-0.2, 0) is 28.0 Å². The lowest BCUT2D eigenvalue weighted by Crippen LogP contribution is -2.51. The number of benzene rings is 3. The van der Waals surface area contributed by atoms with Crippen LogP contribution in [-0.4, -0.2) is 43.5 Å². The molecule has 0 radical (unpaired) electrons. The van der Waals surface area contributed by atoms with Crippen LogP contribution in [0.4, 0.5) is 0 Å². The highest BCUT2D eigenvalue weighted by atomic mass is 16.5. The highest BCUT2D eigenvalue weighted by Gasteiger charge is 2.30. The van der Waals surface area contributed by atoms with E-state index in [9.17, 15) is 9.59 Å². The van der Waals surface area contributed by atoms with Gasteiger partial charge in [0.15, 0.2) is 6.61 Å². The molecule has 190 valence electrons. The Kier molecular flexibility index (Phi) is 9.12. The fourth-order valence-electron chi connectivity index (χ4n) is 4.12. The quantitative estimate of drug-likeness (QED) is 0.447. The number of hydrogen-bond acceptors (Lipinski definition) is 4. The van der Waals surface area contributed by atoms with Gasteiger partial charge in [-0.1, -0.05) is 81.4 Å². The highest BCUT2D eigenvalue weighted by Crippen LogP contribution is 2.31. The number of carbonyl (C=O) groups excluding carboxylic acids is 2.